The molecule has 1 aromatic rings. The van der Waals surface area contributed by atoms with Crippen molar-refractivity contribution < 1.29 is 19.1 Å². The second kappa shape index (κ2) is 7.41. The molecule has 2 bridgehead atoms. The van der Waals surface area contributed by atoms with Crippen molar-refractivity contribution in [2.75, 3.05) is 5.01 Å². The first-order valence-corrected chi connectivity index (χ1v) is 10.8. The van der Waals surface area contributed by atoms with Gasteiger partial charge in [0.2, 0.25) is 0 Å². The van der Waals surface area contributed by atoms with Crippen LogP contribution in [-0.4, -0.2) is 23.4 Å². The van der Waals surface area contributed by atoms with Crippen LogP contribution in [-0.2, 0) is 14.3 Å². The topological polar surface area (TPSA) is 75.7 Å². The Morgan fingerprint density at radius 3 is 2.37 bits per heavy atom. The predicted molar refractivity (Wildman–Crippen MR) is 116 cm³/mol. The van der Waals surface area contributed by atoms with Gasteiger partial charge >= 0.3 is 6.09 Å². The lowest BCUT2D eigenvalue weighted by Crippen LogP contribution is -2.53. The number of ketones is 1. The number of carbonyl (C=O) groups is 3. The fraction of sp³-hybridized carbons (Fsp3) is 0.591. The molecule has 164 valence electrons. The summed E-state index contributed by atoms with van der Waals surface area (Å²) in [6, 6.07) is 4.59. The number of halogens is 2. The van der Waals surface area contributed by atoms with Gasteiger partial charge in [-0.1, -0.05) is 44.0 Å². The zero-order valence-corrected chi connectivity index (χ0v) is 19.6. The number of amides is 2. The standard InChI is InChI=1S/C22H28Cl2N2O4/c1-20(2,3)30-19(29)25-26(15-11-12(23)7-8-14(15)24)18(28)16-13-9-10-22(6,17(16)27)21(13,4)5/h7-8,11,13,16H,9-10H2,1-6H3,(H,25,29)/t13-,16?,22+/m1/s1. The number of hydrazine groups is 1. The minimum absolute atomic E-state index is 0.0945. The van der Waals surface area contributed by atoms with Gasteiger partial charge in [-0.3, -0.25) is 9.59 Å². The average Bonchev–Trinajstić information content (AvgIpc) is 2.92. The number of carbonyl (C=O) groups excluding carboxylic acids is 3. The first-order valence-electron chi connectivity index (χ1n) is 10.0. The maximum atomic E-state index is 13.7. The molecule has 0 saturated heterocycles. The van der Waals surface area contributed by atoms with Crippen molar-refractivity contribution in [3.05, 3.63) is 28.2 Å². The molecule has 0 heterocycles. The molecule has 3 rings (SSSR count). The lowest BCUT2D eigenvalue weighted by Gasteiger charge is -2.32. The molecular formula is C22H28Cl2N2O4. The van der Waals surface area contributed by atoms with E-state index < -0.39 is 28.9 Å². The minimum atomic E-state index is -0.872. The summed E-state index contributed by atoms with van der Waals surface area (Å²) >= 11 is 12.4. The van der Waals surface area contributed by atoms with Crippen molar-refractivity contribution in [2.45, 2.75) is 60.0 Å². The van der Waals surface area contributed by atoms with Crippen LogP contribution in [0.1, 0.15) is 54.4 Å². The molecule has 0 radical (unpaired) electrons. The normalized spacial score (nSPS) is 27.1. The van der Waals surface area contributed by atoms with Crippen LogP contribution in [0.4, 0.5) is 10.5 Å². The third kappa shape index (κ3) is 3.69. The summed E-state index contributed by atoms with van der Waals surface area (Å²) in [4.78, 5) is 39.5. The van der Waals surface area contributed by atoms with Crippen LogP contribution < -0.4 is 10.4 Å². The molecule has 2 aliphatic carbocycles. The number of Topliss-reactive ketones (excluding diaryl/α,β-unsaturated/α-hetero) is 1. The van der Waals surface area contributed by atoms with Gasteiger partial charge in [0.1, 0.15) is 11.5 Å². The largest absolute Gasteiger partial charge is 0.443 e. The molecule has 3 atom stereocenters. The number of anilines is 1. The highest BCUT2D eigenvalue weighted by atomic mass is 35.5. The quantitative estimate of drug-likeness (QED) is 0.478. The minimum Gasteiger partial charge on any atom is -0.443 e. The Hall–Kier alpha value is -1.79. The van der Waals surface area contributed by atoms with Gasteiger partial charge in [0, 0.05) is 10.4 Å². The lowest BCUT2D eigenvalue weighted by molar-refractivity contribution is -0.138. The SMILES string of the molecule is CC(C)(C)OC(=O)NN(C(=O)C1C(=O)[C@]2(C)CC[C@H]1C2(C)C)c1cc(Cl)ccc1Cl. The van der Waals surface area contributed by atoms with Gasteiger partial charge in [-0.25, -0.2) is 15.2 Å². The van der Waals surface area contributed by atoms with Crippen molar-refractivity contribution in [3.63, 3.8) is 0 Å². The van der Waals surface area contributed by atoms with E-state index in [1.165, 1.54) is 12.1 Å². The summed E-state index contributed by atoms with van der Waals surface area (Å²) < 4.78 is 5.32. The van der Waals surface area contributed by atoms with Gasteiger partial charge < -0.3 is 4.74 Å². The van der Waals surface area contributed by atoms with Gasteiger partial charge in [-0.15, -0.1) is 0 Å². The maximum absolute atomic E-state index is 13.7. The van der Waals surface area contributed by atoms with E-state index in [0.29, 0.717) is 5.02 Å². The van der Waals surface area contributed by atoms with E-state index in [-0.39, 0.29) is 27.8 Å². The third-order valence-corrected chi connectivity index (χ3v) is 7.33. The molecule has 8 heteroatoms. The number of nitrogens with one attached hydrogen (secondary N) is 1. The maximum Gasteiger partial charge on any atom is 0.427 e. The fourth-order valence-electron chi connectivity index (χ4n) is 4.79. The van der Waals surface area contributed by atoms with Crippen molar-refractivity contribution in [1.82, 2.24) is 5.43 Å². The molecule has 1 aromatic carbocycles. The molecule has 0 aliphatic heterocycles. The highest BCUT2D eigenvalue weighted by Gasteiger charge is 2.68. The van der Waals surface area contributed by atoms with E-state index in [1.54, 1.807) is 26.8 Å². The third-order valence-electron chi connectivity index (χ3n) is 6.77. The Balaban J connectivity index is 2.00. The molecule has 0 aromatic heterocycles. The highest BCUT2D eigenvalue weighted by Crippen LogP contribution is 2.66. The van der Waals surface area contributed by atoms with Crippen molar-refractivity contribution in [1.29, 1.82) is 0 Å². The van der Waals surface area contributed by atoms with Gasteiger partial charge in [-0.05, 0) is 63.1 Å². The van der Waals surface area contributed by atoms with Crippen LogP contribution in [0.5, 0.6) is 0 Å². The van der Waals surface area contributed by atoms with Gasteiger partial charge in [-0.2, -0.15) is 0 Å². The Bertz CT molecular complexity index is 909. The molecule has 2 saturated carbocycles. The summed E-state index contributed by atoms with van der Waals surface area (Å²) in [5.74, 6) is -1.62. The molecule has 1 unspecified atom stereocenters. The zero-order valence-electron chi connectivity index (χ0n) is 18.1. The molecule has 2 fully saturated rings. The second-order valence-corrected chi connectivity index (χ2v) is 10.8. The zero-order chi connectivity index (χ0) is 22.6. The molecule has 2 aliphatic rings. The van der Waals surface area contributed by atoms with Crippen LogP contribution in [0.2, 0.25) is 10.0 Å². The number of benzene rings is 1. The summed E-state index contributed by atoms with van der Waals surface area (Å²) in [7, 11) is 0. The van der Waals surface area contributed by atoms with Crippen LogP contribution in [0, 0.1) is 22.7 Å². The summed E-state index contributed by atoms with van der Waals surface area (Å²) in [5, 5.41) is 1.57. The number of rotatable bonds is 2. The monoisotopic (exact) mass is 454 g/mol. The fourth-order valence-corrected chi connectivity index (χ4v) is 5.16. The lowest BCUT2D eigenvalue weighted by atomic mass is 9.70. The van der Waals surface area contributed by atoms with E-state index in [1.807, 2.05) is 20.8 Å². The van der Waals surface area contributed by atoms with E-state index >= 15 is 0 Å². The number of hydrogen-bond donors (Lipinski definition) is 1. The first-order chi connectivity index (χ1) is 13.7. The molecule has 2 amide bonds. The van der Waals surface area contributed by atoms with E-state index in [9.17, 15) is 14.4 Å². The Labute approximate surface area is 187 Å². The van der Waals surface area contributed by atoms with Crippen molar-refractivity contribution in [2.24, 2.45) is 22.7 Å². The second-order valence-electron chi connectivity index (χ2n) is 9.92. The van der Waals surface area contributed by atoms with Crippen LogP contribution in [0.15, 0.2) is 18.2 Å². The predicted octanol–water partition coefficient (Wildman–Crippen LogP) is 5.41. The summed E-state index contributed by atoms with van der Waals surface area (Å²) in [6.07, 6.45) is 0.702. The number of fused-ring (bicyclic) bond motifs is 2. The molecular weight excluding hydrogens is 427 g/mol. The number of nitrogens with zero attached hydrogens (tertiary/aromatic N) is 1. The first kappa shape index (κ1) is 22.9. The van der Waals surface area contributed by atoms with Gasteiger partial charge in [0.25, 0.3) is 5.91 Å². The Morgan fingerprint density at radius 1 is 1.20 bits per heavy atom. The van der Waals surface area contributed by atoms with Crippen molar-refractivity contribution in [3.8, 4) is 0 Å². The highest BCUT2D eigenvalue weighted by molar-refractivity contribution is 6.36. The van der Waals surface area contributed by atoms with E-state index in [4.69, 9.17) is 27.9 Å². The summed E-state index contributed by atoms with van der Waals surface area (Å²) in [5.41, 5.74) is 1.01. The van der Waals surface area contributed by atoms with Crippen molar-refractivity contribution >= 4 is 46.7 Å². The average molecular weight is 455 g/mol. The van der Waals surface area contributed by atoms with Gasteiger partial charge in [0.15, 0.2) is 5.78 Å². The van der Waals surface area contributed by atoms with E-state index in [0.717, 1.165) is 17.9 Å². The smallest absolute Gasteiger partial charge is 0.427 e. The Kier molecular flexibility index (Phi) is 5.66. The van der Waals surface area contributed by atoms with Crippen LogP contribution >= 0.6 is 23.2 Å². The molecule has 0 spiro atoms. The van der Waals surface area contributed by atoms with Crippen LogP contribution in [0.25, 0.3) is 0 Å². The molecule has 1 N–H and O–H groups in total. The molecule has 6 nitrogen and oxygen atoms in total. The summed E-state index contributed by atoms with van der Waals surface area (Å²) in [6.45, 7) is 11.2. The molecule has 30 heavy (non-hydrogen) atoms. The Morgan fingerprint density at radius 2 is 1.83 bits per heavy atom. The van der Waals surface area contributed by atoms with E-state index in [2.05, 4.69) is 5.43 Å². The number of ether oxygens (including phenoxy) is 1. The number of hydrogen-bond acceptors (Lipinski definition) is 4. The van der Waals surface area contributed by atoms with Gasteiger partial charge in [0.05, 0.1) is 10.7 Å². The van der Waals surface area contributed by atoms with Crippen LogP contribution in [0.3, 0.4) is 0 Å².